The van der Waals surface area contributed by atoms with E-state index >= 15 is 0 Å². The van der Waals surface area contributed by atoms with Gasteiger partial charge in [-0.3, -0.25) is 19.7 Å². The van der Waals surface area contributed by atoms with E-state index in [-0.39, 0.29) is 24.5 Å². The van der Waals surface area contributed by atoms with Crippen LogP contribution < -0.4 is 5.32 Å². The molecule has 1 aromatic rings. The maximum atomic E-state index is 12.2. The molecule has 2 atom stereocenters. The zero-order chi connectivity index (χ0) is 15.6. The van der Waals surface area contributed by atoms with E-state index in [2.05, 4.69) is 5.32 Å². The minimum absolute atomic E-state index is 0.0359. The highest BCUT2D eigenvalue weighted by Gasteiger charge is 2.35. The van der Waals surface area contributed by atoms with E-state index in [1.807, 2.05) is 0 Å². The Kier molecular flexibility index (Phi) is 4.18. The van der Waals surface area contributed by atoms with Crippen LogP contribution in [0.15, 0.2) is 18.2 Å². The molecule has 0 radical (unpaired) electrons. The first-order valence-corrected chi connectivity index (χ1v) is 6.26. The van der Waals surface area contributed by atoms with Crippen LogP contribution in [0.3, 0.4) is 0 Å². The summed E-state index contributed by atoms with van der Waals surface area (Å²) in [5.41, 5.74) is 0.535. The Morgan fingerprint density at radius 1 is 1.43 bits per heavy atom. The smallest absolute Gasteiger partial charge is 0.311 e. The van der Waals surface area contributed by atoms with Gasteiger partial charge in [0.25, 0.3) is 11.6 Å². The summed E-state index contributed by atoms with van der Waals surface area (Å²) in [5, 5.41) is 22.3. The van der Waals surface area contributed by atoms with Crippen molar-refractivity contribution in [2.24, 2.45) is 5.92 Å². The molecule has 1 aromatic carbocycles. The molecule has 8 nitrogen and oxygen atoms in total. The van der Waals surface area contributed by atoms with Gasteiger partial charge in [-0.15, -0.1) is 0 Å². The second-order valence-electron chi connectivity index (χ2n) is 4.82. The van der Waals surface area contributed by atoms with Gasteiger partial charge in [-0.1, -0.05) is 6.07 Å². The Morgan fingerprint density at radius 2 is 2.14 bits per heavy atom. The minimum atomic E-state index is -1.05. The fraction of sp³-hybridized carbons (Fsp3) is 0.385. The summed E-state index contributed by atoms with van der Waals surface area (Å²) in [6.45, 7) is 1.79. The number of hydrogen-bond donors (Lipinski definition) is 2. The van der Waals surface area contributed by atoms with Crippen molar-refractivity contribution in [2.45, 2.75) is 13.0 Å². The summed E-state index contributed by atoms with van der Waals surface area (Å²) in [4.78, 5) is 33.4. The summed E-state index contributed by atoms with van der Waals surface area (Å²) < 4.78 is 5.06. The Balaban J connectivity index is 2.18. The molecule has 0 spiro atoms. The van der Waals surface area contributed by atoms with E-state index in [9.17, 15) is 19.7 Å². The first-order valence-electron chi connectivity index (χ1n) is 6.26. The third-order valence-electron chi connectivity index (χ3n) is 3.39. The van der Waals surface area contributed by atoms with Gasteiger partial charge in [0.2, 0.25) is 0 Å². The number of non-ortho nitro benzene ring substituents is 1. The maximum absolute atomic E-state index is 12.2. The largest absolute Gasteiger partial charge is 0.481 e. The van der Waals surface area contributed by atoms with Crippen LogP contribution in [-0.4, -0.2) is 41.2 Å². The summed E-state index contributed by atoms with van der Waals surface area (Å²) in [6, 6.07) is 3.32. The number of aliphatic carboxylic acids is 1. The number of nitro benzene ring substituents is 1. The molecule has 0 bridgehead atoms. The predicted octanol–water partition coefficient (Wildman–Crippen LogP) is 0.733. The van der Waals surface area contributed by atoms with Crippen molar-refractivity contribution < 1.29 is 24.4 Å². The molecule has 1 heterocycles. The van der Waals surface area contributed by atoms with E-state index in [1.165, 1.54) is 18.2 Å². The van der Waals surface area contributed by atoms with Gasteiger partial charge < -0.3 is 15.2 Å². The molecule has 112 valence electrons. The van der Waals surface area contributed by atoms with Crippen LogP contribution in [0.25, 0.3) is 0 Å². The Hall–Kier alpha value is -2.48. The highest BCUT2D eigenvalue weighted by Crippen LogP contribution is 2.19. The van der Waals surface area contributed by atoms with E-state index in [0.29, 0.717) is 5.56 Å². The van der Waals surface area contributed by atoms with Crippen LogP contribution in [-0.2, 0) is 9.53 Å². The van der Waals surface area contributed by atoms with E-state index < -0.39 is 28.8 Å². The molecule has 1 aliphatic rings. The molecule has 1 saturated heterocycles. The topological polar surface area (TPSA) is 119 Å². The number of nitro groups is 1. The van der Waals surface area contributed by atoms with E-state index in [4.69, 9.17) is 9.84 Å². The number of carbonyl (C=O) groups excluding carboxylic acids is 1. The lowest BCUT2D eigenvalue weighted by atomic mass is 10.0. The van der Waals surface area contributed by atoms with Gasteiger partial charge in [0.15, 0.2) is 0 Å². The van der Waals surface area contributed by atoms with Crippen molar-refractivity contribution in [1.82, 2.24) is 5.32 Å². The molecule has 1 aliphatic heterocycles. The normalized spacial score (nSPS) is 21.0. The van der Waals surface area contributed by atoms with Crippen LogP contribution in [0.1, 0.15) is 15.9 Å². The standard InChI is InChI=1S/C13H14N2O6/c1-7-2-3-8(15(19)20)4-9(7)12(16)14-11-6-21-5-10(11)13(17)18/h2-4,10-11H,5-6H2,1H3,(H,14,16)(H,17,18). The molecule has 21 heavy (non-hydrogen) atoms. The number of benzene rings is 1. The quantitative estimate of drug-likeness (QED) is 0.624. The molecule has 2 rings (SSSR count). The number of ether oxygens (including phenoxy) is 1. The SMILES string of the molecule is Cc1ccc([N+](=O)[O-])cc1C(=O)NC1COCC1C(=O)O. The van der Waals surface area contributed by atoms with Gasteiger partial charge in [0.1, 0.15) is 5.92 Å². The average Bonchev–Trinajstić information content (AvgIpc) is 2.87. The number of carbonyl (C=O) groups is 2. The number of hydrogen-bond acceptors (Lipinski definition) is 5. The van der Waals surface area contributed by atoms with Gasteiger partial charge >= 0.3 is 5.97 Å². The van der Waals surface area contributed by atoms with Crippen LogP contribution in [0, 0.1) is 23.0 Å². The first-order chi connectivity index (χ1) is 9.90. The van der Waals surface area contributed by atoms with Crippen molar-refractivity contribution in [1.29, 1.82) is 0 Å². The molecular formula is C13H14N2O6. The van der Waals surface area contributed by atoms with Crippen LogP contribution in [0.4, 0.5) is 5.69 Å². The number of nitrogens with one attached hydrogen (secondary N) is 1. The van der Waals surface area contributed by atoms with Gasteiger partial charge in [-0.05, 0) is 12.5 Å². The van der Waals surface area contributed by atoms with Crippen molar-refractivity contribution in [2.75, 3.05) is 13.2 Å². The molecular weight excluding hydrogens is 280 g/mol. The number of aryl methyl sites for hydroxylation is 1. The number of amides is 1. The first kappa shape index (κ1) is 14.9. The van der Waals surface area contributed by atoms with Crippen LogP contribution in [0.2, 0.25) is 0 Å². The summed E-state index contributed by atoms with van der Waals surface area (Å²) in [5.74, 6) is -2.40. The summed E-state index contributed by atoms with van der Waals surface area (Å²) in [6.07, 6.45) is 0. The second kappa shape index (κ2) is 5.88. The molecule has 1 fully saturated rings. The molecule has 8 heteroatoms. The minimum Gasteiger partial charge on any atom is -0.481 e. The zero-order valence-corrected chi connectivity index (χ0v) is 11.2. The van der Waals surface area contributed by atoms with Gasteiger partial charge in [0.05, 0.1) is 24.2 Å². The number of carboxylic acid groups (broad SMARTS) is 1. The lowest BCUT2D eigenvalue weighted by Gasteiger charge is -2.16. The van der Waals surface area contributed by atoms with Crippen LogP contribution in [0.5, 0.6) is 0 Å². The van der Waals surface area contributed by atoms with Gasteiger partial charge in [0, 0.05) is 17.7 Å². The third kappa shape index (κ3) is 3.16. The van der Waals surface area contributed by atoms with Gasteiger partial charge in [-0.2, -0.15) is 0 Å². The van der Waals surface area contributed by atoms with E-state index in [1.54, 1.807) is 6.92 Å². The summed E-state index contributed by atoms with van der Waals surface area (Å²) >= 11 is 0. The Morgan fingerprint density at radius 3 is 2.76 bits per heavy atom. The monoisotopic (exact) mass is 294 g/mol. The van der Waals surface area contributed by atoms with Crippen molar-refractivity contribution >= 4 is 17.6 Å². The zero-order valence-electron chi connectivity index (χ0n) is 11.2. The molecule has 0 aliphatic carbocycles. The summed E-state index contributed by atoms with van der Waals surface area (Å²) in [7, 11) is 0. The molecule has 1 amide bonds. The molecule has 2 N–H and O–H groups in total. The fourth-order valence-corrected chi connectivity index (χ4v) is 2.15. The molecule has 0 aromatic heterocycles. The Bertz CT molecular complexity index is 600. The maximum Gasteiger partial charge on any atom is 0.311 e. The molecule has 0 saturated carbocycles. The lowest BCUT2D eigenvalue weighted by Crippen LogP contribution is -2.42. The number of nitrogens with zero attached hydrogens (tertiary/aromatic N) is 1. The van der Waals surface area contributed by atoms with Crippen LogP contribution >= 0.6 is 0 Å². The average molecular weight is 294 g/mol. The number of rotatable bonds is 4. The van der Waals surface area contributed by atoms with E-state index in [0.717, 1.165) is 0 Å². The second-order valence-corrected chi connectivity index (χ2v) is 4.82. The highest BCUT2D eigenvalue weighted by atomic mass is 16.6. The van der Waals surface area contributed by atoms with Crippen molar-refractivity contribution in [3.8, 4) is 0 Å². The predicted molar refractivity (Wildman–Crippen MR) is 71.0 cm³/mol. The van der Waals surface area contributed by atoms with Crippen molar-refractivity contribution in [3.05, 3.63) is 39.4 Å². The van der Waals surface area contributed by atoms with Gasteiger partial charge in [-0.25, -0.2) is 0 Å². The van der Waals surface area contributed by atoms with Crippen molar-refractivity contribution in [3.63, 3.8) is 0 Å². The third-order valence-corrected chi connectivity index (χ3v) is 3.39. The molecule has 2 unspecified atom stereocenters. The fourth-order valence-electron chi connectivity index (χ4n) is 2.15. The highest BCUT2D eigenvalue weighted by molar-refractivity contribution is 5.96. The lowest BCUT2D eigenvalue weighted by molar-refractivity contribution is -0.384. The number of carboxylic acids is 1. The Labute approximate surface area is 119 Å².